The lowest BCUT2D eigenvalue weighted by molar-refractivity contribution is -0.117. The third-order valence-corrected chi connectivity index (χ3v) is 4.35. The zero-order valence-electron chi connectivity index (χ0n) is 13.9. The van der Waals surface area contributed by atoms with Gasteiger partial charge in [0.2, 0.25) is 5.91 Å². The van der Waals surface area contributed by atoms with Gasteiger partial charge >= 0.3 is 0 Å². The van der Waals surface area contributed by atoms with Crippen LogP contribution < -0.4 is 11.1 Å². The van der Waals surface area contributed by atoms with Gasteiger partial charge in [0, 0.05) is 6.54 Å². The molecule has 3 N–H and O–H groups in total. The van der Waals surface area contributed by atoms with Crippen molar-refractivity contribution in [3.63, 3.8) is 0 Å². The Morgan fingerprint density at radius 3 is 2.61 bits per heavy atom. The Labute approximate surface area is 141 Å². The van der Waals surface area contributed by atoms with Gasteiger partial charge in [-0.25, -0.2) is 4.98 Å². The molecule has 2 rings (SSSR count). The van der Waals surface area contributed by atoms with E-state index < -0.39 is 0 Å². The lowest BCUT2D eigenvalue weighted by Crippen LogP contribution is -2.29. The maximum atomic E-state index is 10.9. The van der Waals surface area contributed by atoms with Crippen LogP contribution in [0.1, 0.15) is 36.8 Å². The highest BCUT2D eigenvalue weighted by Gasteiger charge is 2.18. The Morgan fingerprint density at radius 1 is 1.35 bits per heavy atom. The van der Waals surface area contributed by atoms with E-state index >= 15 is 0 Å². The van der Waals surface area contributed by atoms with Gasteiger partial charge in [-0.1, -0.05) is 44.2 Å². The predicted octanol–water partition coefficient (Wildman–Crippen LogP) is 2.35. The number of thioether (sulfide) groups is 1. The van der Waals surface area contributed by atoms with E-state index in [-0.39, 0.29) is 12.5 Å². The number of imidazole rings is 1. The largest absolute Gasteiger partial charge is 0.369 e. The molecule has 1 heterocycles. The molecular weight excluding hydrogens is 308 g/mol. The Balaban J connectivity index is 2.32. The molecule has 2 aromatic rings. The number of benzene rings is 1. The fourth-order valence-electron chi connectivity index (χ4n) is 2.46. The normalized spacial score (nSPS) is 11.1. The van der Waals surface area contributed by atoms with Gasteiger partial charge in [-0.15, -0.1) is 11.8 Å². The van der Waals surface area contributed by atoms with Crippen LogP contribution in [-0.2, 0) is 17.9 Å². The van der Waals surface area contributed by atoms with E-state index in [1.54, 1.807) is 11.8 Å². The lowest BCUT2D eigenvalue weighted by atomic mass is 10.1. The van der Waals surface area contributed by atoms with Gasteiger partial charge < -0.3 is 15.6 Å². The van der Waals surface area contributed by atoms with Crippen LogP contribution in [0.25, 0.3) is 0 Å². The van der Waals surface area contributed by atoms with E-state index in [1.807, 2.05) is 18.2 Å². The number of aromatic nitrogens is 2. The second kappa shape index (κ2) is 8.17. The Morgan fingerprint density at radius 2 is 2.04 bits per heavy atom. The zero-order valence-corrected chi connectivity index (χ0v) is 14.7. The van der Waals surface area contributed by atoms with Crippen molar-refractivity contribution in [2.75, 3.05) is 12.8 Å². The molecule has 0 bridgehead atoms. The average Bonchev–Trinajstić information content (AvgIpc) is 2.86. The van der Waals surface area contributed by atoms with Crippen molar-refractivity contribution in [1.82, 2.24) is 14.9 Å². The molecule has 0 aliphatic heterocycles. The van der Waals surface area contributed by atoms with Gasteiger partial charge in [0.25, 0.3) is 0 Å². The van der Waals surface area contributed by atoms with Crippen molar-refractivity contribution in [3.05, 3.63) is 47.4 Å². The second-order valence-corrected chi connectivity index (χ2v) is 6.51. The Bertz CT molecular complexity index is 652. The first-order chi connectivity index (χ1) is 11.0. The van der Waals surface area contributed by atoms with Crippen LogP contribution >= 0.6 is 11.8 Å². The van der Waals surface area contributed by atoms with Gasteiger partial charge in [-0.3, -0.25) is 4.79 Å². The molecule has 1 amide bonds. The molecule has 0 radical (unpaired) electrons. The van der Waals surface area contributed by atoms with E-state index in [0.717, 1.165) is 18.1 Å². The van der Waals surface area contributed by atoms with Crippen molar-refractivity contribution in [3.8, 4) is 0 Å². The number of nitrogens with zero attached hydrogens (tertiary/aromatic N) is 2. The highest BCUT2D eigenvalue weighted by molar-refractivity contribution is 7.98. The molecule has 0 saturated heterocycles. The molecule has 5 nitrogen and oxygen atoms in total. The number of carbonyl (C=O) groups excluding carboxylic acids is 1. The van der Waals surface area contributed by atoms with Gasteiger partial charge in [0.15, 0.2) is 0 Å². The lowest BCUT2D eigenvalue weighted by Gasteiger charge is -2.12. The Hall–Kier alpha value is -1.79. The third kappa shape index (κ3) is 4.59. The zero-order chi connectivity index (χ0) is 16.8. The molecule has 0 atom stereocenters. The quantitative estimate of drug-likeness (QED) is 0.728. The number of primary amides is 1. The van der Waals surface area contributed by atoms with Crippen LogP contribution in [0.3, 0.4) is 0 Å². The fourth-order valence-corrected chi connectivity index (χ4v) is 3.34. The highest BCUT2D eigenvalue weighted by Crippen LogP contribution is 2.28. The van der Waals surface area contributed by atoms with Crippen molar-refractivity contribution < 1.29 is 4.79 Å². The van der Waals surface area contributed by atoms with E-state index in [9.17, 15) is 4.79 Å². The second-order valence-electron chi connectivity index (χ2n) is 5.72. The SMILES string of the molecule is CSc1c(C(C)C)nc(CNCC(N)=O)n1Cc1ccccc1. The molecule has 0 unspecified atom stereocenters. The summed E-state index contributed by atoms with van der Waals surface area (Å²) in [6, 6.07) is 10.3. The van der Waals surface area contributed by atoms with Gasteiger partial charge in [-0.05, 0) is 17.7 Å². The maximum Gasteiger partial charge on any atom is 0.231 e. The summed E-state index contributed by atoms with van der Waals surface area (Å²) in [5.74, 6) is 0.924. The van der Waals surface area contributed by atoms with E-state index in [0.29, 0.717) is 12.5 Å². The summed E-state index contributed by atoms with van der Waals surface area (Å²) >= 11 is 1.71. The van der Waals surface area contributed by atoms with Gasteiger partial charge in [-0.2, -0.15) is 0 Å². The Kier molecular flexibility index (Phi) is 6.24. The number of hydrogen-bond donors (Lipinski definition) is 2. The molecule has 1 aromatic carbocycles. The van der Waals surface area contributed by atoms with Crippen molar-refractivity contribution >= 4 is 17.7 Å². The molecule has 0 saturated carbocycles. The average molecular weight is 332 g/mol. The number of amides is 1. The molecule has 0 aliphatic carbocycles. The van der Waals surface area contributed by atoms with Gasteiger partial charge in [0.1, 0.15) is 5.82 Å². The monoisotopic (exact) mass is 332 g/mol. The first-order valence-electron chi connectivity index (χ1n) is 7.69. The number of nitrogens with one attached hydrogen (secondary N) is 1. The summed E-state index contributed by atoms with van der Waals surface area (Å²) in [4.78, 5) is 15.7. The van der Waals surface area contributed by atoms with Crippen LogP contribution in [-0.4, -0.2) is 28.3 Å². The number of carbonyl (C=O) groups is 1. The van der Waals surface area contributed by atoms with Crippen molar-refractivity contribution in [2.24, 2.45) is 5.73 Å². The van der Waals surface area contributed by atoms with Crippen LogP contribution in [0.15, 0.2) is 35.4 Å². The maximum absolute atomic E-state index is 10.9. The molecule has 1 aromatic heterocycles. The van der Waals surface area contributed by atoms with Gasteiger partial charge in [0.05, 0.1) is 23.8 Å². The third-order valence-electron chi connectivity index (χ3n) is 3.53. The molecular formula is C17H24N4OS. The molecule has 23 heavy (non-hydrogen) atoms. The summed E-state index contributed by atoms with van der Waals surface area (Å²) in [5.41, 5.74) is 7.52. The van der Waals surface area contributed by atoms with E-state index in [1.165, 1.54) is 10.6 Å². The number of rotatable bonds is 8. The van der Waals surface area contributed by atoms with E-state index in [2.05, 4.69) is 42.1 Å². The first-order valence-corrected chi connectivity index (χ1v) is 8.91. The number of nitrogens with two attached hydrogens (primary N) is 1. The molecule has 6 heteroatoms. The standard InChI is InChI=1S/C17H24N4OS/c1-12(2)16-17(23-3)21(11-13-7-5-4-6-8-13)15(20-16)10-19-9-14(18)22/h4-8,12,19H,9-11H2,1-3H3,(H2,18,22). The summed E-state index contributed by atoms with van der Waals surface area (Å²) in [5, 5.41) is 4.24. The predicted molar refractivity (Wildman–Crippen MR) is 94.5 cm³/mol. The fraction of sp³-hybridized carbons (Fsp3) is 0.412. The summed E-state index contributed by atoms with van der Waals surface area (Å²) in [6.07, 6.45) is 2.07. The smallest absolute Gasteiger partial charge is 0.231 e. The van der Waals surface area contributed by atoms with Crippen LogP contribution in [0.5, 0.6) is 0 Å². The van der Waals surface area contributed by atoms with Crippen LogP contribution in [0.2, 0.25) is 0 Å². The van der Waals surface area contributed by atoms with Crippen molar-refractivity contribution in [2.45, 2.75) is 37.9 Å². The van der Waals surface area contributed by atoms with E-state index in [4.69, 9.17) is 10.7 Å². The molecule has 124 valence electrons. The van der Waals surface area contributed by atoms with Crippen LogP contribution in [0, 0.1) is 0 Å². The topological polar surface area (TPSA) is 72.9 Å². The minimum atomic E-state index is -0.361. The highest BCUT2D eigenvalue weighted by atomic mass is 32.2. The minimum absolute atomic E-state index is 0.157. The molecule has 0 spiro atoms. The number of hydrogen-bond acceptors (Lipinski definition) is 4. The summed E-state index contributed by atoms with van der Waals surface area (Å²) in [6.45, 7) is 5.75. The molecule has 0 aliphatic rings. The van der Waals surface area contributed by atoms with Crippen LogP contribution in [0.4, 0.5) is 0 Å². The first kappa shape index (κ1) is 17.6. The molecule has 0 fully saturated rings. The van der Waals surface area contributed by atoms with Crippen molar-refractivity contribution in [1.29, 1.82) is 0 Å². The summed E-state index contributed by atoms with van der Waals surface area (Å²) < 4.78 is 2.23. The minimum Gasteiger partial charge on any atom is -0.369 e. The summed E-state index contributed by atoms with van der Waals surface area (Å²) in [7, 11) is 0.